The molecule has 0 heterocycles. The number of ketones is 1. The Hall–Kier alpha value is -0.420. The summed E-state index contributed by atoms with van der Waals surface area (Å²) < 4.78 is 17.6. The van der Waals surface area contributed by atoms with Gasteiger partial charge < -0.3 is 0 Å². The number of rotatable bonds is 0. The van der Waals surface area contributed by atoms with Gasteiger partial charge in [0.1, 0.15) is 5.78 Å². The Morgan fingerprint density at radius 3 is 1.93 bits per heavy atom. The van der Waals surface area contributed by atoms with E-state index < -0.39 is 10.9 Å². The van der Waals surface area contributed by atoms with Crippen LogP contribution in [0.4, 0.5) is 0 Å². The molecule has 0 aliphatic heterocycles. The van der Waals surface area contributed by atoms with Crippen molar-refractivity contribution in [1.29, 1.82) is 0 Å². The minimum atomic E-state index is -2.62. The number of hydrogen-bond donors (Lipinski definition) is 2. The van der Waals surface area contributed by atoms with Gasteiger partial charge in [0.15, 0.2) is 10.9 Å². The lowest BCUT2D eigenvalue weighted by Gasteiger charge is -2.32. The second-order valence-corrected chi connectivity index (χ2v) is 5.77. The third kappa shape index (κ3) is 1.95. The molecule has 0 amide bonds. The molecule has 2 bridgehead atoms. The number of Topliss-reactive ketones (excluding diaryl/α,β-unsaturated/α-hetero) is 1. The van der Waals surface area contributed by atoms with E-state index >= 15 is 0 Å². The highest BCUT2D eigenvalue weighted by Gasteiger charge is 2.61. The van der Waals surface area contributed by atoms with Crippen LogP contribution in [0, 0.1) is 16.7 Å². The smallest absolute Gasteiger partial charge is 0.198 e. The SMILES string of the molecule is CC12CCC(CC1=O)C2(C)C.N[SH](=O)=O. The van der Waals surface area contributed by atoms with E-state index in [9.17, 15) is 4.79 Å². The fraction of sp³-hybridized carbons (Fsp3) is 0.900. The molecule has 2 atom stereocenters. The maximum absolute atomic E-state index is 11.6. The third-order valence-electron chi connectivity index (χ3n) is 4.48. The monoisotopic (exact) mass is 233 g/mol. The standard InChI is InChI=1S/C10H16O.H3NO2S/c1-9(2)7-4-5-10(9,3)8(11)6-7;1-4(2)3/h7H,4-6H2,1-3H3;4H,(H2,1,2,3). The normalized spacial score (nSPS) is 36.6. The molecule has 2 N–H and O–H groups in total. The zero-order chi connectivity index (χ0) is 11.9. The molecule has 4 nitrogen and oxygen atoms in total. The first kappa shape index (κ1) is 12.6. The van der Waals surface area contributed by atoms with Gasteiger partial charge in [0.2, 0.25) is 0 Å². The number of hydrogen-bond acceptors (Lipinski definition) is 3. The van der Waals surface area contributed by atoms with Crippen molar-refractivity contribution in [3.63, 3.8) is 0 Å². The first-order valence-corrected chi connectivity index (χ1v) is 6.39. The minimum absolute atomic E-state index is 0.0255. The Bertz CT molecular complexity index is 341. The van der Waals surface area contributed by atoms with Gasteiger partial charge in [-0.2, -0.15) is 0 Å². The second-order valence-electron chi connectivity index (χ2n) is 5.20. The summed E-state index contributed by atoms with van der Waals surface area (Å²) in [6.45, 7) is 6.67. The summed E-state index contributed by atoms with van der Waals surface area (Å²) in [6, 6.07) is 0. The van der Waals surface area contributed by atoms with E-state index in [0.717, 1.165) is 12.8 Å². The summed E-state index contributed by atoms with van der Waals surface area (Å²) in [5, 5.41) is 4.06. The molecule has 5 heteroatoms. The molecule has 2 saturated carbocycles. The summed E-state index contributed by atoms with van der Waals surface area (Å²) in [7, 11) is -2.62. The first-order valence-electron chi connectivity index (χ1n) is 5.14. The maximum atomic E-state index is 11.6. The predicted octanol–water partition coefficient (Wildman–Crippen LogP) is 0.873. The van der Waals surface area contributed by atoms with Gasteiger partial charge in [-0.25, -0.2) is 13.6 Å². The molecule has 2 unspecified atom stereocenters. The lowest BCUT2D eigenvalue weighted by molar-refractivity contribution is -0.128. The van der Waals surface area contributed by atoms with Crippen LogP contribution in [-0.4, -0.2) is 14.2 Å². The Kier molecular flexibility index (Phi) is 3.26. The van der Waals surface area contributed by atoms with E-state index in [4.69, 9.17) is 8.42 Å². The Morgan fingerprint density at radius 2 is 1.80 bits per heavy atom. The van der Waals surface area contributed by atoms with Gasteiger partial charge in [0.25, 0.3) is 0 Å². The van der Waals surface area contributed by atoms with Crippen molar-refractivity contribution in [2.45, 2.75) is 40.0 Å². The average Bonchev–Trinajstić information content (AvgIpc) is 2.36. The van der Waals surface area contributed by atoms with E-state index in [1.807, 2.05) is 0 Å². The van der Waals surface area contributed by atoms with Crippen LogP contribution in [0.1, 0.15) is 40.0 Å². The number of carbonyl (C=O) groups excluding carboxylic acids is 1. The van der Waals surface area contributed by atoms with Crippen molar-refractivity contribution >= 4 is 16.7 Å². The van der Waals surface area contributed by atoms with Crippen molar-refractivity contribution < 1.29 is 13.2 Å². The topological polar surface area (TPSA) is 77.2 Å². The van der Waals surface area contributed by atoms with Gasteiger partial charge in [0, 0.05) is 11.8 Å². The summed E-state index contributed by atoms with van der Waals surface area (Å²) in [5.41, 5.74) is 0.307. The highest BCUT2D eigenvalue weighted by Crippen LogP contribution is 2.63. The predicted molar refractivity (Wildman–Crippen MR) is 58.7 cm³/mol. The fourth-order valence-electron chi connectivity index (χ4n) is 2.90. The highest BCUT2D eigenvalue weighted by molar-refractivity contribution is 7.69. The van der Waals surface area contributed by atoms with E-state index in [2.05, 4.69) is 25.9 Å². The van der Waals surface area contributed by atoms with Crippen LogP contribution in [0.15, 0.2) is 0 Å². The summed E-state index contributed by atoms with van der Waals surface area (Å²) in [4.78, 5) is 11.6. The van der Waals surface area contributed by atoms with E-state index in [-0.39, 0.29) is 10.8 Å². The van der Waals surface area contributed by atoms with E-state index in [1.54, 1.807) is 0 Å². The number of fused-ring (bicyclic) bond motifs is 2. The Balaban J connectivity index is 0.000000245. The van der Waals surface area contributed by atoms with Gasteiger partial charge >= 0.3 is 0 Å². The quantitative estimate of drug-likeness (QED) is 0.609. The molecule has 0 spiro atoms. The zero-order valence-corrected chi connectivity index (χ0v) is 10.3. The van der Waals surface area contributed by atoms with E-state index in [0.29, 0.717) is 11.7 Å². The molecule has 2 aliphatic rings. The van der Waals surface area contributed by atoms with Crippen LogP contribution in [0.25, 0.3) is 0 Å². The molecule has 2 fully saturated rings. The van der Waals surface area contributed by atoms with Gasteiger partial charge in [-0.1, -0.05) is 20.8 Å². The maximum Gasteiger partial charge on any atom is 0.198 e. The number of carbonyl (C=O) groups is 1. The summed E-state index contributed by atoms with van der Waals surface area (Å²) >= 11 is 0. The largest absolute Gasteiger partial charge is 0.299 e. The van der Waals surface area contributed by atoms with Crippen LogP contribution in [0.3, 0.4) is 0 Å². The van der Waals surface area contributed by atoms with Gasteiger partial charge in [-0.05, 0) is 24.2 Å². The molecule has 2 rings (SSSR count). The fourth-order valence-corrected chi connectivity index (χ4v) is 2.90. The van der Waals surface area contributed by atoms with Gasteiger partial charge in [-0.15, -0.1) is 0 Å². The van der Waals surface area contributed by atoms with Crippen molar-refractivity contribution in [2.24, 2.45) is 21.9 Å². The van der Waals surface area contributed by atoms with Crippen LogP contribution < -0.4 is 5.14 Å². The van der Waals surface area contributed by atoms with Crippen LogP contribution >= 0.6 is 0 Å². The molecule has 0 aromatic rings. The highest BCUT2D eigenvalue weighted by atomic mass is 32.2. The molecule has 2 aliphatic carbocycles. The van der Waals surface area contributed by atoms with Crippen molar-refractivity contribution in [2.75, 3.05) is 0 Å². The Morgan fingerprint density at radius 1 is 1.33 bits per heavy atom. The van der Waals surface area contributed by atoms with Crippen molar-refractivity contribution in [1.82, 2.24) is 0 Å². The molecule has 0 radical (unpaired) electrons. The van der Waals surface area contributed by atoms with Crippen molar-refractivity contribution in [3.05, 3.63) is 0 Å². The molecule has 0 aromatic heterocycles. The van der Waals surface area contributed by atoms with Crippen molar-refractivity contribution in [3.8, 4) is 0 Å². The van der Waals surface area contributed by atoms with E-state index in [1.165, 1.54) is 6.42 Å². The van der Waals surface area contributed by atoms with Crippen LogP contribution in [0.5, 0.6) is 0 Å². The molecule has 0 saturated heterocycles. The van der Waals surface area contributed by atoms with Crippen LogP contribution in [-0.2, 0) is 15.7 Å². The van der Waals surface area contributed by atoms with Gasteiger partial charge in [-0.3, -0.25) is 4.79 Å². The Labute approximate surface area is 92.3 Å². The first-order chi connectivity index (χ1) is 6.72. The summed E-state index contributed by atoms with van der Waals surface area (Å²) in [6.07, 6.45) is 3.25. The minimum Gasteiger partial charge on any atom is -0.299 e. The molecule has 88 valence electrons. The number of nitrogens with two attached hydrogens (primary N) is 1. The van der Waals surface area contributed by atoms with Crippen LogP contribution in [0.2, 0.25) is 0 Å². The second kappa shape index (κ2) is 3.87. The van der Waals surface area contributed by atoms with Gasteiger partial charge in [0.05, 0.1) is 0 Å². The molecular formula is C10H19NO3S. The molecule has 15 heavy (non-hydrogen) atoms. The molecule has 0 aromatic carbocycles. The average molecular weight is 233 g/mol. The molecular weight excluding hydrogens is 214 g/mol. The lowest BCUT2D eigenvalue weighted by Crippen LogP contribution is -2.32. The number of thiol groups is 1. The zero-order valence-electron chi connectivity index (χ0n) is 9.45. The lowest BCUT2D eigenvalue weighted by atomic mass is 9.70. The third-order valence-corrected chi connectivity index (χ3v) is 4.48. The summed E-state index contributed by atoms with van der Waals surface area (Å²) in [5.74, 6) is 1.19.